The minimum atomic E-state index is -0.431. The Bertz CT molecular complexity index is 789. The van der Waals surface area contributed by atoms with Crippen molar-refractivity contribution in [2.75, 3.05) is 0 Å². The van der Waals surface area contributed by atoms with Crippen molar-refractivity contribution < 1.29 is 14.9 Å². The van der Waals surface area contributed by atoms with Crippen LogP contribution in [0.1, 0.15) is 79.1 Å². The molecule has 0 amide bonds. The van der Waals surface area contributed by atoms with Crippen molar-refractivity contribution in [3.63, 3.8) is 0 Å². The van der Waals surface area contributed by atoms with Crippen molar-refractivity contribution in [3.05, 3.63) is 24.3 Å². The van der Waals surface area contributed by atoms with E-state index < -0.39 is 5.60 Å². The third kappa shape index (κ3) is 2.38. The molecule has 7 rings (SSSR count). The van der Waals surface area contributed by atoms with E-state index >= 15 is 0 Å². The van der Waals surface area contributed by atoms with Gasteiger partial charge in [0.1, 0.15) is 11.2 Å². The average molecular weight is 413 g/mol. The molecule has 2 bridgehead atoms. The SMILES string of the molecule is C[C@H](/C=C/[C@@H]1C[C@H]1C)[C@H]1CC[C@@H]2[C@]1(C)CC[C@H]1[C@]23C=C[C@]2(C[C@@H](O)CC[C@]12C)OO3. The summed E-state index contributed by atoms with van der Waals surface area (Å²) in [7, 11) is 0. The predicted octanol–water partition coefficient (Wildman–Crippen LogP) is 5.84. The van der Waals surface area contributed by atoms with Crippen LogP contribution in [0.2, 0.25) is 0 Å². The van der Waals surface area contributed by atoms with Crippen molar-refractivity contribution in [3.8, 4) is 0 Å². The first-order valence-electron chi connectivity index (χ1n) is 12.7. The lowest BCUT2D eigenvalue weighted by Gasteiger charge is -2.69. The summed E-state index contributed by atoms with van der Waals surface area (Å²) < 4.78 is 0. The molecule has 0 radical (unpaired) electrons. The molecule has 5 fully saturated rings. The monoisotopic (exact) mass is 412 g/mol. The van der Waals surface area contributed by atoms with Gasteiger partial charge in [-0.15, -0.1) is 0 Å². The average Bonchev–Trinajstić information content (AvgIpc) is 3.30. The molecule has 0 aromatic heterocycles. The van der Waals surface area contributed by atoms with Crippen LogP contribution in [0.4, 0.5) is 0 Å². The molecule has 4 saturated carbocycles. The largest absolute Gasteiger partial charge is 0.393 e. The van der Waals surface area contributed by atoms with Crippen LogP contribution in [0.25, 0.3) is 0 Å². The Kier molecular flexibility index (Phi) is 4.16. The zero-order valence-electron chi connectivity index (χ0n) is 19.3. The van der Waals surface area contributed by atoms with Gasteiger partial charge in [-0.25, -0.2) is 9.78 Å². The second kappa shape index (κ2) is 6.23. The van der Waals surface area contributed by atoms with Crippen LogP contribution in [0.3, 0.4) is 0 Å². The smallest absolute Gasteiger partial charge is 0.130 e. The molecule has 2 aliphatic heterocycles. The molecule has 2 heterocycles. The van der Waals surface area contributed by atoms with Crippen molar-refractivity contribution in [1.82, 2.24) is 0 Å². The summed E-state index contributed by atoms with van der Waals surface area (Å²) in [4.78, 5) is 12.7. The second-order valence-electron chi connectivity index (χ2n) is 12.5. The Balaban J connectivity index is 1.32. The first-order chi connectivity index (χ1) is 14.2. The summed E-state index contributed by atoms with van der Waals surface area (Å²) in [6.07, 6.45) is 18.6. The molecular weight excluding hydrogens is 372 g/mol. The van der Waals surface area contributed by atoms with Gasteiger partial charge in [0.15, 0.2) is 0 Å². The van der Waals surface area contributed by atoms with E-state index in [0.717, 1.165) is 30.6 Å². The minimum Gasteiger partial charge on any atom is -0.393 e. The molecule has 166 valence electrons. The van der Waals surface area contributed by atoms with Gasteiger partial charge in [-0.2, -0.15) is 0 Å². The minimum absolute atomic E-state index is 0.0757. The van der Waals surface area contributed by atoms with Gasteiger partial charge in [0.05, 0.1) is 6.10 Å². The van der Waals surface area contributed by atoms with Gasteiger partial charge in [-0.1, -0.05) is 45.9 Å². The number of hydrogen-bond acceptors (Lipinski definition) is 3. The fourth-order valence-electron chi connectivity index (χ4n) is 9.07. The van der Waals surface area contributed by atoms with Gasteiger partial charge < -0.3 is 5.11 Å². The number of fused-ring (bicyclic) bond motifs is 2. The molecule has 1 saturated heterocycles. The van der Waals surface area contributed by atoms with Crippen LogP contribution < -0.4 is 0 Å². The maximum atomic E-state index is 10.4. The molecule has 3 nitrogen and oxygen atoms in total. The zero-order chi connectivity index (χ0) is 20.9. The quantitative estimate of drug-likeness (QED) is 0.468. The van der Waals surface area contributed by atoms with Crippen molar-refractivity contribution in [2.24, 2.45) is 46.3 Å². The number of allylic oxidation sites excluding steroid dienone is 2. The third-order valence-electron chi connectivity index (χ3n) is 11.2. The van der Waals surface area contributed by atoms with Crippen LogP contribution in [0.5, 0.6) is 0 Å². The topological polar surface area (TPSA) is 38.7 Å². The molecule has 1 N–H and O–H groups in total. The highest BCUT2D eigenvalue weighted by Crippen LogP contribution is 2.72. The Labute approximate surface area is 182 Å². The van der Waals surface area contributed by atoms with Crippen LogP contribution in [0.15, 0.2) is 24.3 Å². The standard InChI is InChI=1S/C27H40O3/c1-17(5-6-19-15-18(19)2)21-7-8-22-24(21,3)11-10-23-25(4)12-9-20(28)16-26(25)13-14-27(22,23)30-29-26/h5-6,13-14,17-23,28H,7-12,15-16H2,1-4H3/b6-5+/t17-,18-,19-,20+,21-,22-,23-,24-,25-,26-,27+/m1/s1. The highest BCUT2D eigenvalue weighted by atomic mass is 17.2. The first-order valence-corrected chi connectivity index (χ1v) is 12.7. The van der Waals surface area contributed by atoms with Crippen molar-refractivity contribution in [1.29, 1.82) is 0 Å². The molecule has 5 aliphatic carbocycles. The van der Waals surface area contributed by atoms with Crippen LogP contribution in [0, 0.1) is 46.3 Å². The molecule has 2 spiro atoms. The molecular formula is C27H40O3. The summed E-state index contributed by atoms with van der Waals surface area (Å²) in [6, 6.07) is 0. The number of aliphatic hydroxyl groups excluding tert-OH is 1. The van der Waals surface area contributed by atoms with Gasteiger partial charge in [0, 0.05) is 23.7 Å². The molecule has 0 unspecified atom stereocenters. The third-order valence-corrected chi connectivity index (χ3v) is 11.2. The Morgan fingerprint density at radius 3 is 2.53 bits per heavy atom. The van der Waals surface area contributed by atoms with Gasteiger partial charge in [0.25, 0.3) is 0 Å². The van der Waals surface area contributed by atoms with Crippen molar-refractivity contribution >= 4 is 0 Å². The molecule has 3 heteroatoms. The fraction of sp³-hybridized carbons (Fsp3) is 0.852. The van der Waals surface area contributed by atoms with E-state index in [0.29, 0.717) is 29.6 Å². The fourth-order valence-corrected chi connectivity index (χ4v) is 9.07. The number of hydrogen-bond donors (Lipinski definition) is 1. The normalized spacial score (nSPS) is 59.6. The van der Waals surface area contributed by atoms with E-state index in [4.69, 9.17) is 9.78 Å². The maximum Gasteiger partial charge on any atom is 0.130 e. The number of aliphatic hydroxyl groups is 1. The summed E-state index contributed by atoms with van der Waals surface area (Å²) in [6.45, 7) is 9.82. The molecule has 30 heavy (non-hydrogen) atoms. The van der Waals surface area contributed by atoms with E-state index in [9.17, 15) is 5.11 Å². The first kappa shape index (κ1) is 20.0. The lowest BCUT2D eigenvalue weighted by molar-refractivity contribution is -0.497. The van der Waals surface area contributed by atoms with Crippen LogP contribution in [-0.4, -0.2) is 22.4 Å². The number of rotatable bonds is 3. The van der Waals surface area contributed by atoms with Crippen LogP contribution in [-0.2, 0) is 9.78 Å². The summed E-state index contributed by atoms with van der Waals surface area (Å²) >= 11 is 0. The highest BCUT2D eigenvalue weighted by Gasteiger charge is 2.74. The second-order valence-corrected chi connectivity index (χ2v) is 12.5. The van der Waals surface area contributed by atoms with Gasteiger partial charge >= 0.3 is 0 Å². The molecule has 0 aromatic rings. The van der Waals surface area contributed by atoms with E-state index in [1.165, 1.54) is 32.1 Å². The van der Waals surface area contributed by atoms with Gasteiger partial charge in [0.2, 0.25) is 0 Å². The Morgan fingerprint density at radius 1 is 1.03 bits per heavy atom. The summed E-state index contributed by atoms with van der Waals surface area (Å²) in [5, 5.41) is 10.4. The van der Waals surface area contributed by atoms with Gasteiger partial charge in [-0.05, 0) is 80.1 Å². The van der Waals surface area contributed by atoms with E-state index in [1.807, 2.05) is 0 Å². The lowest BCUT2D eigenvalue weighted by atomic mass is 9.43. The lowest BCUT2D eigenvalue weighted by Crippen LogP contribution is -2.73. The van der Waals surface area contributed by atoms with Gasteiger partial charge in [-0.3, -0.25) is 0 Å². The predicted molar refractivity (Wildman–Crippen MR) is 117 cm³/mol. The summed E-state index contributed by atoms with van der Waals surface area (Å²) in [5.74, 6) is 4.13. The highest BCUT2D eigenvalue weighted by molar-refractivity contribution is 5.33. The Morgan fingerprint density at radius 2 is 1.83 bits per heavy atom. The Hall–Kier alpha value is -0.640. The zero-order valence-corrected chi connectivity index (χ0v) is 19.3. The van der Waals surface area contributed by atoms with Crippen molar-refractivity contribution in [2.45, 2.75) is 96.4 Å². The molecule has 0 aromatic carbocycles. The molecule has 7 aliphatic rings. The van der Waals surface area contributed by atoms with Crippen LogP contribution >= 0.6 is 0 Å². The van der Waals surface area contributed by atoms with E-state index in [1.54, 1.807) is 0 Å². The molecule has 11 atom stereocenters. The maximum absolute atomic E-state index is 10.4. The summed E-state index contributed by atoms with van der Waals surface area (Å²) in [5.41, 5.74) is -0.313. The van der Waals surface area contributed by atoms with E-state index in [2.05, 4.69) is 52.0 Å². The van der Waals surface area contributed by atoms with E-state index in [-0.39, 0.29) is 17.1 Å².